The largest absolute Gasteiger partial charge is 0.508 e. The minimum absolute atomic E-state index is 0.134. The van der Waals surface area contributed by atoms with Crippen molar-refractivity contribution in [3.05, 3.63) is 66.8 Å². The van der Waals surface area contributed by atoms with Crippen LogP contribution in [0.4, 0.5) is 0 Å². The molecule has 1 aromatic carbocycles. The summed E-state index contributed by atoms with van der Waals surface area (Å²) in [6, 6.07) is 6.08. The van der Waals surface area contributed by atoms with Crippen molar-refractivity contribution in [3.8, 4) is 5.75 Å². The van der Waals surface area contributed by atoms with Crippen molar-refractivity contribution in [1.82, 2.24) is 0 Å². The SMILES string of the molecule is C=C/C=C(\C=C)C(=O)c1ccc(O)cc1. The third-order valence-electron chi connectivity index (χ3n) is 1.91. The summed E-state index contributed by atoms with van der Waals surface area (Å²) in [4.78, 5) is 11.8. The fourth-order valence-corrected chi connectivity index (χ4v) is 1.14. The van der Waals surface area contributed by atoms with E-state index in [9.17, 15) is 4.79 Å². The van der Waals surface area contributed by atoms with Gasteiger partial charge in [0, 0.05) is 11.1 Å². The van der Waals surface area contributed by atoms with Gasteiger partial charge in [0.2, 0.25) is 0 Å². The molecular formula is C13H12O2. The number of carbonyl (C=O) groups excluding carboxylic acids is 1. The normalized spacial score (nSPS) is 10.8. The molecule has 1 N–H and O–H groups in total. The average Bonchev–Trinajstić information content (AvgIpc) is 2.26. The predicted molar refractivity (Wildman–Crippen MR) is 60.9 cm³/mol. The predicted octanol–water partition coefficient (Wildman–Crippen LogP) is 2.87. The van der Waals surface area contributed by atoms with Crippen LogP contribution >= 0.6 is 0 Å². The Balaban J connectivity index is 3.03. The first-order valence-corrected chi connectivity index (χ1v) is 4.48. The van der Waals surface area contributed by atoms with E-state index in [2.05, 4.69) is 13.2 Å². The number of phenols is 1. The Hall–Kier alpha value is -2.09. The summed E-state index contributed by atoms with van der Waals surface area (Å²) in [5.41, 5.74) is 0.997. The molecular weight excluding hydrogens is 188 g/mol. The van der Waals surface area contributed by atoms with E-state index >= 15 is 0 Å². The topological polar surface area (TPSA) is 37.3 Å². The van der Waals surface area contributed by atoms with Crippen LogP contribution in [0.2, 0.25) is 0 Å². The first kappa shape index (κ1) is 11.0. The molecule has 0 aliphatic rings. The molecule has 2 heteroatoms. The highest BCUT2D eigenvalue weighted by molar-refractivity contribution is 6.10. The van der Waals surface area contributed by atoms with Crippen LogP contribution in [0.15, 0.2) is 61.2 Å². The maximum Gasteiger partial charge on any atom is 0.193 e. The third-order valence-corrected chi connectivity index (χ3v) is 1.91. The minimum atomic E-state index is -0.134. The lowest BCUT2D eigenvalue weighted by atomic mass is 10.0. The van der Waals surface area contributed by atoms with Crippen LogP contribution in [0.1, 0.15) is 10.4 Å². The molecule has 0 radical (unpaired) electrons. The zero-order valence-corrected chi connectivity index (χ0v) is 8.31. The average molecular weight is 200 g/mol. The highest BCUT2D eigenvalue weighted by Gasteiger charge is 2.08. The molecule has 0 aromatic heterocycles. The molecule has 2 nitrogen and oxygen atoms in total. The van der Waals surface area contributed by atoms with E-state index in [-0.39, 0.29) is 11.5 Å². The van der Waals surface area contributed by atoms with E-state index in [4.69, 9.17) is 5.11 Å². The van der Waals surface area contributed by atoms with Crippen molar-refractivity contribution in [2.24, 2.45) is 0 Å². The fraction of sp³-hybridized carbons (Fsp3) is 0. The van der Waals surface area contributed by atoms with Crippen LogP contribution < -0.4 is 0 Å². The Labute approximate surface area is 88.9 Å². The van der Waals surface area contributed by atoms with E-state index in [1.54, 1.807) is 18.2 Å². The Morgan fingerprint density at radius 1 is 1.20 bits per heavy atom. The van der Waals surface area contributed by atoms with Crippen molar-refractivity contribution in [1.29, 1.82) is 0 Å². The number of aromatic hydroxyl groups is 1. The summed E-state index contributed by atoms with van der Waals surface area (Å²) in [5, 5.41) is 9.08. The van der Waals surface area contributed by atoms with Crippen LogP contribution in [0.25, 0.3) is 0 Å². The van der Waals surface area contributed by atoms with Crippen molar-refractivity contribution in [3.63, 3.8) is 0 Å². The van der Waals surface area contributed by atoms with E-state index in [1.807, 2.05) is 0 Å². The second kappa shape index (κ2) is 4.96. The standard InChI is InChI=1S/C13H12O2/c1-3-5-10(4-2)13(15)11-6-8-12(14)9-7-11/h3-9,14H,1-2H2/b10-5+. The zero-order valence-electron chi connectivity index (χ0n) is 8.31. The number of rotatable bonds is 4. The highest BCUT2D eigenvalue weighted by Crippen LogP contribution is 2.14. The lowest BCUT2D eigenvalue weighted by molar-refractivity contribution is 0.103. The molecule has 0 bridgehead atoms. The summed E-state index contributed by atoms with van der Waals surface area (Å²) in [6.07, 6.45) is 4.62. The fourth-order valence-electron chi connectivity index (χ4n) is 1.14. The van der Waals surface area contributed by atoms with Crippen LogP contribution in [0.5, 0.6) is 5.75 Å². The van der Waals surface area contributed by atoms with Crippen molar-refractivity contribution in [2.45, 2.75) is 0 Å². The van der Waals surface area contributed by atoms with Gasteiger partial charge in [-0.2, -0.15) is 0 Å². The first-order chi connectivity index (χ1) is 7.19. The zero-order chi connectivity index (χ0) is 11.3. The van der Waals surface area contributed by atoms with Gasteiger partial charge in [0.15, 0.2) is 5.78 Å². The van der Waals surface area contributed by atoms with Crippen LogP contribution in [-0.2, 0) is 0 Å². The highest BCUT2D eigenvalue weighted by atomic mass is 16.3. The Kier molecular flexibility index (Phi) is 3.63. The van der Waals surface area contributed by atoms with Gasteiger partial charge in [-0.15, -0.1) is 0 Å². The van der Waals surface area contributed by atoms with Gasteiger partial charge in [-0.1, -0.05) is 31.4 Å². The summed E-state index contributed by atoms with van der Waals surface area (Å²) in [6.45, 7) is 7.08. The van der Waals surface area contributed by atoms with Crippen molar-refractivity contribution >= 4 is 5.78 Å². The van der Waals surface area contributed by atoms with Gasteiger partial charge in [0.25, 0.3) is 0 Å². The maximum absolute atomic E-state index is 11.8. The Morgan fingerprint density at radius 2 is 1.80 bits per heavy atom. The smallest absolute Gasteiger partial charge is 0.193 e. The van der Waals surface area contributed by atoms with Gasteiger partial charge >= 0.3 is 0 Å². The maximum atomic E-state index is 11.8. The van der Waals surface area contributed by atoms with Crippen LogP contribution in [0.3, 0.4) is 0 Å². The molecule has 0 atom stereocenters. The number of hydrogen-bond acceptors (Lipinski definition) is 2. The third kappa shape index (κ3) is 2.68. The monoisotopic (exact) mass is 200 g/mol. The minimum Gasteiger partial charge on any atom is -0.508 e. The summed E-state index contributed by atoms with van der Waals surface area (Å²) < 4.78 is 0. The van der Waals surface area contributed by atoms with E-state index in [0.29, 0.717) is 11.1 Å². The van der Waals surface area contributed by atoms with Gasteiger partial charge in [0.05, 0.1) is 0 Å². The molecule has 0 spiro atoms. The molecule has 1 aromatic rings. The second-order valence-electron chi connectivity index (χ2n) is 2.94. The van der Waals surface area contributed by atoms with Gasteiger partial charge in [0.1, 0.15) is 5.75 Å². The second-order valence-corrected chi connectivity index (χ2v) is 2.94. The molecule has 15 heavy (non-hydrogen) atoms. The van der Waals surface area contributed by atoms with Crippen LogP contribution in [0, 0.1) is 0 Å². The molecule has 0 amide bonds. The summed E-state index contributed by atoms with van der Waals surface area (Å²) in [5.74, 6) is 0.00398. The Morgan fingerprint density at radius 3 is 2.27 bits per heavy atom. The first-order valence-electron chi connectivity index (χ1n) is 4.48. The lowest BCUT2D eigenvalue weighted by Gasteiger charge is -2.00. The van der Waals surface area contributed by atoms with Gasteiger partial charge in [-0.05, 0) is 24.3 Å². The molecule has 1 rings (SSSR count). The van der Waals surface area contributed by atoms with Crippen molar-refractivity contribution < 1.29 is 9.90 Å². The molecule has 0 saturated carbocycles. The number of carbonyl (C=O) groups is 1. The molecule has 0 aliphatic carbocycles. The number of hydrogen-bond donors (Lipinski definition) is 1. The summed E-state index contributed by atoms with van der Waals surface area (Å²) >= 11 is 0. The quantitative estimate of drug-likeness (QED) is 0.461. The molecule has 0 heterocycles. The van der Waals surface area contributed by atoms with Gasteiger partial charge in [-0.25, -0.2) is 0 Å². The summed E-state index contributed by atoms with van der Waals surface area (Å²) in [7, 11) is 0. The molecule has 0 unspecified atom stereocenters. The molecule has 0 fully saturated rings. The number of benzene rings is 1. The molecule has 0 saturated heterocycles. The van der Waals surface area contributed by atoms with Crippen molar-refractivity contribution in [2.75, 3.05) is 0 Å². The van der Waals surface area contributed by atoms with Gasteiger partial charge in [-0.3, -0.25) is 4.79 Å². The van der Waals surface area contributed by atoms with E-state index in [1.165, 1.54) is 24.3 Å². The number of allylic oxidation sites excluding steroid dienone is 4. The number of Topliss-reactive ketones (excluding diaryl/α,β-unsaturated/α-hetero) is 1. The number of ketones is 1. The molecule has 76 valence electrons. The van der Waals surface area contributed by atoms with E-state index < -0.39 is 0 Å². The van der Waals surface area contributed by atoms with Crippen LogP contribution in [-0.4, -0.2) is 10.9 Å². The van der Waals surface area contributed by atoms with E-state index in [0.717, 1.165) is 0 Å². The lowest BCUT2D eigenvalue weighted by Crippen LogP contribution is -2.00. The molecule has 0 aliphatic heterocycles. The van der Waals surface area contributed by atoms with Gasteiger partial charge < -0.3 is 5.11 Å². The Bertz CT molecular complexity index is 411. The number of phenolic OH excluding ortho intramolecular Hbond substituents is 1.